The Morgan fingerprint density at radius 3 is 2.38 bits per heavy atom. The number of hydrogen-bond donors (Lipinski definition) is 1. The molecule has 21 heavy (non-hydrogen) atoms. The van der Waals surface area contributed by atoms with E-state index in [1.54, 1.807) is 25.2 Å². The van der Waals surface area contributed by atoms with Crippen molar-refractivity contribution >= 4 is 10.0 Å². The Bertz CT molecular complexity index is 654. The summed E-state index contributed by atoms with van der Waals surface area (Å²) in [6.45, 7) is 7.49. The fourth-order valence-corrected chi connectivity index (χ4v) is 3.46. The second kappa shape index (κ2) is 7.08. The van der Waals surface area contributed by atoms with Gasteiger partial charge < -0.3 is 5.11 Å². The first kappa shape index (κ1) is 17.7. The van der Waals surface area contributed by atoms with Crippen LogP contribution in [0.1, 0.15) is 31.9 Å². The molecule has 0 saturated heterocycles. The van der Waals surface area contributed by atoms with E-state index in [1.807, 2.05) is 27.7 Å². The van der Waals surface area contributed by atoms with E-state index in [0.29, 0.717) is 0 Å². The van der Waals surface area contributed by atoms with E-state index in [2.05, 4.69) is 11.8 Å². The molecule has 1 N–H and O–H groups in total. The number of rotatable bonds is 4. The molecule has 0 saturated carbocycles. The SMILES string of the molecule is Cc1cc(S(=O)(=O)N(C)C(C)C(C)C)ccc1C#CCO. The number of hydrogen-bond acceptors (Lipinski definition) is 3. The number of nitrogens with zero attached hydrogens (tertiary/aromatic N) is 1. The van der Waals surface area contributed by atoms with Gasteiger partial charge in [-0.05, 0) is 43.5 Å². The molecule has 0 aromatic heterocycles. The molecule has 0 fully saturated rings. The molecule has 0 radical (unpaired) electrons. The minimum atomic E-state index is -3.51. The van der Waals surface area contributed by atoms with Crippen LogP contribution in [-0.2, 0) is 10.0 Å². The predicted molar refractivity (Wildman–Crippen MR) is 84.4 cm³/mol. The molecule has 0 aliphatic carbocycles. The van der Waals surface area contributed by atoms with Gasteiger partial charge in [-0.1, -0.05) is 25.7 Å². The highest BCUT2D eigenvalue weighted by Gasteiger charge is 2.27. The molecule has 1 unspecified atom stereocenters. The van der Waals surface area contributed by atoms with E-state index in [4.69, 9.17) is 5.11 Å². The van der Waals surface area contributed by atoms with Gasteiger partial charge >= 0.3 is 0 Å². The van der Waals surface area contributed by atoms with Gasteiger partial charge in [0.1, 0.15) is 6.61 Å². The average molecular weight is 309 g/mol. The predicted octanol–water partition coefficient (Wildman–Crippen LogP) is 2.00. The molecule has 5 heteroatoms. The van der Waals surface area contributed by atoms with Crippen LogP contribution in [0.15, 0.2) is 23.1 Å². The maximum atomic E-state index is 12.6. The smallest absolute Gasteiger partial charge is 0.243 e. The van der Waals surface area contributed by atoms with Crippen molar-refractivity contribution in [1.82, 2.24) is 4.31 Å². The summed E-state index contributed by atoms with van der Waals surface area (Å²) >= 11 is 0. The highest BCUT2D eigenvalue weighted by atomic mass is 32.2. The van der Waals surface area contributed by atoms with Crippen LogP contribution in [0.4, 0.5) is 0 Å². The first-order valence-electron chi connectivity index (χ1n) is 6.90. The molecule has 0 spiro atoms. The summed E-state index contributed by atoms with van der Waals surface area (Å²) in [5.74, 6) is 5.60. The molecule has 0 heterocycles. The maximum absolute atomic E-state index is 12.6. The molecule has 116 valence electrons. The minimum Gasteiger partial charge on any atom is -0.384 e. The standard InChI is InChI=1S/C16H23NO3S/c1-12(2)14(4)17(5)21(19,20)16-9-8-15(7-6-10-18)13(3)11-16/h8-9,11-12,14,18H,10H2,1-5H3. The van der Waals surface area contributed by atoms with E-state index < -0.39 is 10.0 Å². The number of aliphatic hydroxyl groups excluding tert-OH is 1. The molecule has 0 aliphatic heterocycles. The number of sulfonamides is 1. The Morgan fingerprint density at radius 2 is 1.90 bits per heavy atom. The molecule has 1 rings (SSSR count). The summed E-state index contributed by atoms with van der Waals surface area (Å²) < 4.78 is 26.6. The largest absolute Gasteiger partial charge is 0.384 e. The lowest BCUT2D eigenvalue weighted by Gasteiger charge is -2.27. The van der Waals surface area contributed by atoms with E-state index in [9.17, 15) is 8.42 Å². The first-order chi connectivity index (χ1) is 9.71. The van der Waals surface area contributed by atoms with Gasteiger partial charge in [0.25, 0.3) is 0 Å². The monoisotopic (exact) mass is 309 g/mol. The Kier molecular flexibility index (Phi) is 5.97. The first-order valence-corrected chi connectivity index (χ1v) is 8.34. The van der Waals surface area contributed by atoms with Gasteiger partial charge in [0.05, 0.1) is 4.90 Å². The third-order valence-electron chi connectivity index (χ3n) is 3.72. The average Bonchev–Trinajstić information content (AvgIpc) is 2.44. The van der Waals surface area contributed by atoms with Crippen molar-refractivity contribution in [3.8, 4) is 11.8 Å². The summed E-state index contributed by atoms with van der Waals surface area (Å²) in [7, 11) is -1.90. The van der Waals surface area contributed by atoms with Crippen molar-refractivity contribution in [1.29, 1.82) is 0 Å². The van der Waals surface area contributed by atoms with Gasteiger partial charge in [-0.3, -0.25) is 0 Å². The second-order valence-electron chi connectivity index (χ2n) is 5.44. The fourth-order valence-electron chi connectivity index (χ4n) is 1.88. The van der Waals surface area contributed by atoms with Gasteiger partial charge in [-0.15, -0.1) is 0 Å². The van der Waals surface area contributed by atoms with E-state index in [0.717, 1.165) is 11.1 Å². The van der Waals surface area contributed by atoms with Gasteiger partial charge in [-0.25, -0.2) is 8.42 Å². The van der Waals surface area contributed by atoms with Gasteiger partial charge in [0, 0.05) is 18.7 Å². The van der Waals surface area contributed by atoms with Crippen molar-refractivity contribution in [2.45, 2.75) is 38.6 Å². The highest BCUT2D eigenvalue weighted by molar-refractivity contribution is 7.89. The van der Waals surface area contributed by atoms with Crippen molar-refractivity contribution in [3.63, 3.8) is 0 Å². The summed E-state index contributed by atoms with van der Waals surface area (Å²) in [4.78, 5) is 0.268. The van der Waals surface area contributed by atoms with Crippen LogP contribution < -0.4 is 0 Å². The molecular weight excluding hydrogens is 286 g/mol. The molecule has 0 amide bonds. The minimum absolute atomic E-state index is 0.0795. The molecular formula is C16H23NO3S. The van der Waals surface area contributed by atoms with Crippen LogP contribution >= 0.6 is 0 Å². The van der Waals surface area contributed by atoms with Crippen LogP contribution in [0.25, 0.3) is 0 Å². The zero-order valence-corrected chi connectivity index (χ0v) is 14.0. The molecule has 1 atom stereocenters. The van der Waals surface area contributed by atoms with Crippen molar-refractivity contribution in [3.05, 3.63) is 29.3 Å². The summed E-state index contributed by atoms with van der Waals surface area (Å²) in [6, 6.07) is 4.79. The zero-order chi connectivity index (χ0) is 16.2. The van der Waals surface area contributed by atoms with Gasteiger partial charge in [0.2, 0.25) is 10.0 Å². The van der Waals surface area contributed by atoms with Crippen LogP contribution in [-0.4, -0.2) is 37.5 Å². The molecule has 0 aliphatic rings. The van der Waals surface area contributed by atoms with Gasteiger partial charge in [-0.2, -0.15) is 4.31 Å². The molecule has 1 aromatic carbocycles. The number of aryl methyl sites for hydroxylation is 1. The van der Waals surface area contributed by atoms with Crippen LogP contribution in [0.2, 0.25) is 0 Å². The third-order valence-corrected chi connectivity index (χ3v) is 5.66. The summed E-state index contributed by atoms with van der Waals surface area (Å²) in [5, 5.41) is 8.71. The lowest BCUT2D eigenvalue weighted by molar-refractivity contribution is 0.316. The Morgan fingerprint density at radius 1 is 1.29 bits per heavy atom. The maximum Gasteiger partial charge on any atom is 0.243 e. The lowest BCUT2D eigenvalue weighted by Crippen LogP contribution is -2.38. The quantitative estimate of drug-likeness (QED) is 0.866. The Balaban J connectivity index is 3.19. The number of aliphatic hydroxyl groups is 1. The van der Waals surface area contributed by atoms with Crippen LogP contribution in [0.3, 0.4) is 0 Å². The van der Waals surface area contributed by atoms with Crippen molar-refractivity contribution in [2.24, 2.45) is 5.92 Å². The topological polar surface area (TPSA) is 57.6 Å². The van der Waals surface area contributed by atoms with E-state index in [-0.39, 0.29) is 23.5 Å². The molecule has 4 nitrogen and oxygen atoms in total. The normalized spacial score (nSPS) is 13.1. The van der Waals surface area contributed by atoms with Crippen LogP contribution in [0, 0.1) is 24.7 Å². The molecule has 1 aromatic rings. The second-order valence-corrected chi connectivity index (χ2v) is 7.44. The lowest BCUT2D eigenvalue weighted by atomic mass is 10.1. The Labute approximate surface area is 127 Å². The van der Waals surface area contributed by atoms with Crippen molar-refractivity contribution in [2.75, 3.05) is 13.7 Å². The van der Waals surface area contributed by atoms with E-state index in [1.165, 1.54) is 4.31 Å². The number of benzene rings is 1. The van der Waals surface area contributed by atoms with Crippen molar-refractivity contribution < 1.29 is 13.5 Å². The third kappa shape index (κ3) is 4.07. The van der Waals surface area contributed by atoms with Gasteiger partial charge in [0.15, 0.2) is 0 Å². The highest BCUT2D eigenvalue weighted by Crippen LogP contribution is 2.22. The van der Waals surface area contributed by atoms with E-state index >= 15 is 0 Å². The fraction of sp³-hybridized carbons (Fsp3) is 0.500. The zero-order valence-electron chi connectivity index (χ0n) is 13.2. The molecule has 0 bridgehead atoms. The summed E-state index contributed by atoms with van der Waals surface area (Å²) in [6.07, 6.45) is 0. The summed E-state index contributed by atoms with van der Waals surface area (Å²) in [5.41, 5.74) is 1.50. The Hall–Kier alpha value is -1.35. The van der Waals surface area contributed by atoms with Crippen LogP contribution in [0.5, 0.6) is 0 Å².